The van der Waals surface area contributed by atoms with Crippen LogP contribution in [0.3, 0.4) is 0 Å². The minimum absolute atomic E-state index is 0.241. The van der Waals surface area contributed by atoms with E-state index in [9.17, 15) is 8.42 Å². The SMILES string of the molecule is CCOc1ccccc1NS(=O)(=O)c1cccc2c(N(C)C)cccc12. The number of fused-ring (bicyclic) bond motifs is 1. The van der Waals surface area contributed by atoms with Gasteiger partial charge in [-0.2, -0.15) is 0 Å². The minimum atomic E-state index is -3.77. The zero-order valence-corrected chi connectivity index (χ0v) is 15.9. The Morgan fingerprint density at radius 1 is 0.923 bits per heavy atom. The number of benzene rings is 3. The predicted octanol–water partition coefficient (Wildman–Crippen LogP) is 4.11. The van der Waals surface area contributed by atoms with E-state index in [0.29, 0.717) is 23.4 Å². The predicted molar refractivity (Wildman–Crippen MR) is 107 cm³/mol. The molecule has 1 N–H and O–H groups in total. The Morgan fingerprint density at radius 2 is 1.62 bits per heavy atom. The molecule has 26 heavy (non-hydrogen) atoms. The van der Waals surface area contributed by atoms with Gasteiger partial charge in [-0.25, -0.2) is 8.42 Å². The monoisotopic (exact) mass is 370 g/mol. The van der Waals surface area contributed by atoms with Gasteiger partial charge in [0.1, 0.15) is 5.75 Å². The van der Waals surface area contributed by atoms with Crippen molar-refractivity contribution in [3.05, 3.63) is 60.7 Å². The maximum Gasteiger partial charge on any atom is 0.262 e. The molecule has 0 heterocycles. The first-order chi connectivity index (χ1) is 12.4. The fraction of sp³-hybridized carbons (Fsp3) is 0.200. The van der Waals surface area contributed by atoms with Crippen LogP contribution in [0.15, 0.2) is 65.6 Å². The Kier molecular flexibility index (Phi) is 5.04. The number of nitrogens with zero attached hydrogens (tertiary/aromatic N) is 1. The van der Waals surface area contributed by atoms with Gasteiger partial charge in [-0.1, -0.05) is 36.4 Å². The molecular formula is C20H22N2O3S. The summed E-state index contributed by atoms with van der Waals surface area (Å²) in [6, 6.07) is 18.0. The molecule has 0 aliphatic carbocycles. The molecule has 0 saturated heterocycles. The summed E-state index contributed by atoms with van der Waals surface area (Å²) in [5.74, 6) is 0.507. The largest absolute Gasteiger partial charge is 0.492 e. The average molecular weight is 370 g/mol. The van der Waals surface area contributed by atoms with E-state index in [1.54, 1.807) is 30.3 Å². The van der Waals surface area contributed by atoms with Crippen molar-refractivity contribution in [2.24, 2.45) is 0 Å². The van der Waals surface area contributed by atoms with E-state index < -0.39 is 10.0 Å². The number of para-hydroxylation sites is 2. The second kappa shape index (κ2) is 7.25. The van der Waals surface area contributed by atoms with Crippen molar-refractivity contribution in [1.29, 1.82) is 0 Å². The van der Waals surface area contributed by atoms with Crippen LogP contribution in [0.5, 0.6) is 5.75 Å². The molecule has 0 amide bonds. The van der Waals surface area contributed by atoms with Crippen molar-refractivity contribution in [1.82, 2.24) is 0 Å². The van der Waals surface area contributed by atoms with Crippen molar-refractivity contribution in [3.63, 3.8) is 0 Å². The van der Waals surface area contributed by atoms with Crippen LogP contribution in [0.1, 0.15) is 6.92 Å². The molecule has 3 rings (SSSR count). The highest BCUT2D eigenvalue weighted by molar-refractivity contribution is 7.93. The van der Waals surface area contributed by atoms with E-state index >= 15 is 0 Å². The molecule has 0 aliphatic heterocycles. The standard InChI is InChI=1S/C20H22N2O3S/c1-4-25-19-13-6-5-11-17(19)21-26(23,24)20-14-8-9-15-16(20)10-7-12-18(15)22(2)3/h5-14,21H,4H2,1-3H3. The molecule has 0 atom stereocenters. The summed E-state index contributed by atoms with van der Waals surface area (Å²) < 4.78 is 34.3. The van der Waals surface area contributed by atoms with Gasteiger partial charge >= 0.3 is 0 Å². The van der Waals surface area contributed by atoms with Crippen LogP contribution >= 0.6 is 0 Å². The van der Waals surface area contributed by atoms with Crippen molar-refractivity contribution < 1.29 is 13.2 Å². The van der Waals surface area contributed by atoms with Gasteiger partial charge in [0.15, 0.2) is 0 Å². The molecule has 3 aromatic carbocycles. The van der Waals surface area contributed by atoms with Gasteiger partial charge in [0, 0.05) is 30.6 Å². The first-order valence-electron chi connectivity index (χ1n) is 8.37. The molecule has 0 spiro atoms. The number of sulfonamides is 1. The Balaban J connectivity index is 2.10. The zero-order chi connectivity index (χ0) is 18.7. The third kappa shape index (κ3) is 3.46. The number of nitrogens with one attached hydrogen (secondary N) is 1. The third-order valence-electron chi connectivity index (χ3n) is 4.06. The summed E-state index contributed by atoms with van der Waals surface area (Å²) in [5.41, 5.74) is 1.39. The molecule has 0 unspecified atom stereocenters. The molecule has 0 radical (unpaired) electrons. The van der Waals surface area contributed by atoms with Crippen LogP contribution in [0, 0.1) is 0 Å². The number of hydrogen-bond donors (Lipinski definition) is 1. The summed E-state index contributed by atoms with van der Waals surface area (Å²) in [4.78, 5) is 2.21. The summed E-state index contributed by atoms with van der Waals surface area (Å²) in [7, 11) is 0.102. The number of anilines is 2. The van der Waals surface area contributed by atoms with Gasteiger partial charge in [0.2, 0.25) is 0 Å². The minimum Gasteiger partial charge on any atom is -0.492 e. The van der Waals surface area contributed by atoms with Crippen molar-refractivity contribution in [3.8, 4) is 5.75 Å². The Hall–Kier alpha value is -2.73. The van der Waals surface area contributed by atoms with Crippen LogP contribution in [0.2, 0.25) is 0 Å². The first-order valence-corrected chi connectivity index (χ1v) is 9.86. The van der Waals surface area contributed by atoms with Gasteiger partial charge in [-0.15, -0.1) is 0 Å². The fourth-order valence-electron chi connectivity index (χ4n) is 2.92. The lowest BCUT2D eigenvalue weighted by atomic mass is 10.1. The smallest absolute Gasteiger partial charge is 0.262 e. The van der Waals surface area contributed by atoms with E-state index in [2.05, 4.69) is 4.72 Å². The lowest BCUT2D eigenvalue weighted by molar-refractivity contribution is 0.342. The number of rotatable bonds is 6. The maximum absolute atomic E-state index is 13.1. The Morgan fingerprint density at radius 3 is 2.35 bits per heavy atom. The molecule has 136 valence electrons. The molecule has 5 nitrogen and oxygen atoms in total. The highest BCUT2D eigenvalue weighted by Gasteiger charge is 2.20. The van der Waals surface area contributed by atoms with Gasteiger partial charge in [0.05, 0.1) is 17.2 Å². The Bertz CT molecular complexity index is 1030. The summed E-state index contributed by atoms with van der Waals surface area (Å²) in [5, 5.41) is 1.57. The van der Waals surface area contributed by atoms with Gasteiger partial charge in [0.25, 0.3) is 10.0 Å². The maximum atomic E-state index is 13.1. The van der Waals surface area contributed by atoms with E-state index in [1.807, 2.05) is 56.3 Å². The van der Waals surface area contributed by atoms with Crippen molar-refractivity contribution >= 4 is 32.2 Å². The molecule has 0 bridgehead atoms. The molecule has 0 aromatic heterocycles. The second-order valence-corrected chi connectivity index (χ2v) is 7.71. The summed E-state index contributed by atoms with van der Waals surface area (Å²) in [6.07, 6.45) is 0. The van der Waals surface area contributed by atoms with Gasteiger partial charge < -0.3 is 9.64 Å². The first kappa shape index (κ1) is 18.1. The lowest BCUT2D eigenvalue weighted by Crippen LogP contribution is -2.15. The average Bonchev–Trinajstić information content (AvgIpc) is 2.62. The quantitative estimate of drug-likeness (QED) is 0.709. The molecule has 0 fully saturated rings. The van der Waals surface area contributed by atoms with Gasteiger partial charge in [-0.3, -0.25) is 4.72 Å². The van der Waals surface area contributed by atoms with Crippen molar-refractivity contribution in [2.75, 3.05) is 30.3 Å². The second-order valence-electron chi connectivity index (χ2n) is 6.06. The van der Waals surface area contributed by atoms with Crippen LogP contribution in [-0.4, -0.2) is 29.1 Å². The van der Waals surface area contributed by atoms with E-state index in [0.717, 1.165) is 11.1 Å². The Labute approximate surface area is 154 Å². The van der Waals surface area contributed by atoms with E-state index in [1.165, 1.54) is 0 Å². The summed E-state index contributed by atoms with van der Waals surface area (Å²) >= 11 is 0. The fourth-order valence-corrected chi connectivity index (χ4v) is 4.21. The highest BCUT2D eigenvalue weighted by atomic mass is 32.2. The van der Waals surface area contributed by atoms with Crippen LogP contribution in [0.25, 0.3) is 10.8 Å². The van der Waals surface area contributed by atoms with Crippen LogP contribution in [-0.2, 0) is 10.0 Å². The summed E-state index contributed by atoms with van der Waals surface area (Å²) in [6.45, 7) is 2.32. The molecule has 0 aliphatic rings. The van der Waals surface area contributed by atoms with E-state index in [-0.39, 0.29) is 4.90 Å². The zero-order valence-electron chi connectivity index (χ0n) is 15.1. The van der Waals surface area contributed by atoms with Crippen LogP contribution in [0.4, 0.5) is 11.4 Å². The van der Waals surface area contributed by atoms with Crippen LogP contribution < -0.4 is 14.4 Å². The molecule has 6 heteroatoms. The molecular weight excluding hydrogens is 348 g/mol. The topological polar surface area (TPSA) is 58.6 Å². The van der Waals surface area contributed by atoms with Gasteiger partial charge in [-0.05, 0) is 31.2 Å². The highest BCUT2D eigenvalue weighted by Crippen LogP contribution is 2.32. The van der Waals surface area contributed by atoms with Crippen molar-refractivity contribution in [2.45, 2.75) is 11.8 Å². The normalized spacial score (nSPS) is 11.3. The lowest BCUT2D eigenvalue weighted by Gasteiger charge is -2.18. The molecule has 3 aromatic rings. The van der Waals surface area contributed by atoms with E-state index in [4.69, 9.17) is 4.74 Å². The third-order valence-corrected chi connectivity index (χ3v) is 5.49. The molecule has 0 saturated carbocycles. The number of hydrogen-bond acceptors (Lipinski definition) is 4. The number of ether oxygens (including phenoxy) is 1.